The molecule has 1 atom stereocenters. The number of thioether (sulfide) groups is 1. The molecule has 0 radical (unpaired) electrons. The maximum absolute atomic E-state index is 12.1. The highest BCUT2D eigenvalue weighted by Gasteiger charge is 2.27. The minimum atomic E-state index is -0.147. The number of thiazole rings is 1. The molecule has 1 aliphatic rings. The Hall–Kier alpha value is -1.67. The van der Waals surface area contributed by atoms with Crippen LogP contribution in [-0.2, 0) is 4.79 Å². The second-order valence-corrected chi connectivity index (χ2v) is 6.74. The molecule has 0 saturated heterocycles. The summed E-state index contributed by atoms with van der Waals surface area (Å²) in [5, 5.41) is 5.95. The van der Waals surface area contributed by atoms with Crippen LogP contribution in [0, 0.1) is 13.8 Å². The topological polar surface area (TPSA) is 76.9 Å². The van der Waals surface area contributed by atoms with Crippen LogP contribution in [0.2, 0.25) is 0 Å². The molecule has 3 rings (SSSR count). The molecule has 1 N–H and O–H groups in total. The zero-order valence-electron chi connectivity index (χ0n) is 11.6. The average Bonchev–Trinajstić information content (AvgIpc) is 2.96. The van der Waals surface area contributed by atoms with Crippen molar-refractivity contribution in [3.63, 3.8) is 0 Å². The van der Waals surface area contributed by atoms with E-state index in [1.54, 1.807) is 11.5 Å². The molecule has 0 aromatic carbocycles. The number of aromatic nitrogens is 3. The van der Waals surface area contributed by atoms with Gasteiger partial charge in [0, 0.05) is 29.3 Å². The molecule has 1 unspecified atom stereocenters. The number of nitrogens with zero attached hydrogens (tertiary/aromatic N) is 3. The van der Waals surface area contributed by atoms with Crippen LogP contribution in [0.1, 0.15) is 23.9 Å². The van der Waals surface area contributed by atoms with Crippen LogP contribution in [0.5, 0.6) is 0 Å². The summed E-state index contributed by atoms with van der Waals surface area (Å²) in [6.45, 7) is 3.68. The summed E-state index contributed by atoms with van der Waals surface area (Å²) >= 11 is 2.91. The van der Waals surface area contributed by atoms with E-state index in [-0.39, 0.29) is 23.9 Å². The number of fused-ring (bicyclic) bond motifs is 1. The molecule has 1 aliphatic heterocycles. The Morgan fingerprint density at radius 2 is 2.24 bits per heavy atom. The van der Waals surface area contributed by atoms with Gasteiger partial charge in [0.2, 0.25) is 5.91 Å². The normalized spacial score (nSPS) is 16.8. The highest BCUT2D eigenvalue weighted by molar-refractivity contribution is 7.99. The molecule has 1 amide bonds. The van der Waals surface area contributed by atoms with Crippen molar-refractivity contribution in [2.75, 3.05) is 11.1 Å². The number of hydrogen-bond donors (Lipinski definition) is 1. The first-order valence-corrected chi connectivity index (χ1v) is 8.34. The third-order valence-corrected chi connectivity index (χ3v) is 5.08. The Morgan fingerprint density at radius 3 is 2.95 bits per heavy atom. The van der Waals surface area contributed by atoms with Crippen LogP contribution >= 0.6 is 23.1 Å². The average molecular weight is 322 g/mol. The van der Waals surface area contributed by atoms with Gasteiger partial charge in [-0.15, -0.1) is 11.3 Å². The minimum absolute atomic E-state index is 0.0922. The van der Waals surface area contributed by atoms with Gasteiger partial charge in [-0.3, -0.25) is 14.2 Å². The van der Waals surface area contributed by atoms with E-state index >= 15 is 0 Å². The fraction of sp³-hybridized carbons (Fsp3) is 0.385. The molecule has 3 heterocycles. The molecule has 2 aromatic heterocycles. The standard InChI is InChI=1S/C13H14N4O2S2/c1-7-3-11(19)17-9(6-21-13(17)15-7)4-10(18)16-12-14-8(2)5-20-12/h3,5,9H,4,6H2,1-2H3,(H,14,16,18). The lowest BCUT2D eigenvalue weighted by Gasteiger charge is -2.12. The van der Waals surface area contributed by atoms with Crippen molar-refractivity contribution in [1.29, 1.82) is 0 Å². The fourth-order valence-corrected chi connectivity index (χ4v) is 4.11. The van der Waals surface area contributed by atoms with Gasteiger partial charge in [-0.05, 0) is 13.8 Å². The SMILES string of the molecule is Cc1csc(NC(=O)CC2CSc3nc(C)cc(=O)n32)n1. The van der Waals surface area contributed by atoms with E-state index in [2.05, 4.69) is 15.3 Å². The van der Waals surface area contributed by atoms with E-state index in [1.807, 2.05) is 12.3 Å². The largest absolute Gasteiger partial charge is 0.302 e. The first kappa shape index (κ1) is 14.3. The molecule has 2 aromatic rings. The molecule has 0 fully saturated rings. The predicted octanol–water partition coefficient (Wildman–Crippen LogP) is 1.99. The van der Waals surface area contributed by atoms with E-state index in [0.717, 1.165) is 5.69 Å². The van der Waals surface area contributed by atoms with E-state index in [9.17, 15) is 9.59 Å². The van der Waals surface area contributed by atoms with Crippen molar-refractivity contribution in [3.05, 3.63) is 33.2 Å². The Kier molecular flexibility index (Phi) is 3.81. The zero-order chi connectivity index (χ0) is 15.0. The minimum Gasteiger partial charge on any atom is -0.302 e. The lowest BCUT2D eigenvalue weighted by atomic mass is 10.2. The van der Waals surface area contributed by atoms with Gasteiger partial charge in [0.15, 0.2) is 10.3 Å². The quantitative estimate of drug-likeness (QED) is 0.875. The lowest BCUT2D eigenvalue weighted by Crippen LogP contribution is -2.27. The summed E-state index contributed by atoms with van der Waals surface area (Å²) in [5.74, 6) is 0.561. The van der Waals surface area contributed by atoms with Crippen LogP contribution in [0.3, 0.4) is 0 Å². The maximum atomic E-state index is 12.1. The van der Waals surface area contributed by atoms with Crippen LogP contribution in [0.25, 0.3) is 0 Å². The highest BCUT2D eigenvalue weighted by atomic mass is 32.2. The molecule has 0 aliphatic carbocycles. The van der Waals surface area contributed by atoms with Gasteiger partial charge in [0.25, 0.3) is 5.56 Å². The summed E-state index contributed by atoms with van der Waals surface area (Å²) in [4.78, 5) is 32.7. The molecular weight excluding hydrogens is 308 g/mol. The van der Waals surface area contributed by atoms with Gasteiger partial charge >= 0.3 is 0 Å². The lowest BCUT2D eigenvalue weighted by molar-refractivity contribution is -0.116. The second-order valence-electron chi connectivity index (χ2n) is 4.90. The van der Waals surface area contributed by atoms with Gasteiger partial charge in [0.1, 0.15) is 0 Å². The maximum Gasteiger partial charge on any atom is 0.254 e. The van der Waals surface area contributed by atoms with Crippen molar-refractivity contribution >= 4 is 34.1 Å². The third kappa shape index (κ3) is 3.01. The number of amides is 1. The Morgan fingerprint density at radius 1 is 1.43 bits per heavy atom. The van der Waals surface area contributed by atoms with Crippen LogP contribution in [-0.4, -0.2) is 26.2 Å². The first-order valence-electron chi connectivity index (χ1n) is 6.48. The van der Waals surface area contributed by atoms with E-state index in [1.165, 1.54) is 29.2 Å². The first-order chi connectivity index (χ1) is 10.0. The van der Waals surface area contributed by atoms with Gasteiger partial charge in [-0.1, -0.05) is 11.8 Å². The number of aryl methyl sites for hydroxylation is 2. The van der Waals surface area contributed by atoms with Crippen molar-refractivity contribution < 1.29 is 4.79 Å². The number of hydrogen-bond acceptors (Lipinski definition) is 6. The van der Waals surface area contributed by atoms with Crippen LogP contribution < -0.4 is 10.9 Å². The zero-order valence-corrected chi connectivity index (χ0v) is 13.3. The summed E-state index contributed by atoms with van der Waals surface area (Å²) in [7, 11) is 0. The molecule has 0 spiro atoms. The number of carbonyl (C=O) groups is 1. The molecule has 0 saturated carbocycles. The number of rotatable bonds is 3. The molecule has 6 nitrogen and oxygen atoms in total. The van der Waals surface area contributed by atoms with Gasteiger partial charge < -0.3 is 5.32 Å². The number of nitrogens with one attached hydrogen (secondary N) is 1. The molecule has 8 heteroatoms. The van der Waals surface area contributed by atoms with Gasteiger partial charge in [-0.25, -0.2) is 9.97 Å². The predicted molar refractivity (Wildman–Crippen MR) is 83.1 cm³/mol. The number of carbonyl (C=O) groups excluding carboxylic acids is 1. The third-order valence-electron chi connectivity index (χ3n) is 3.10. The molecular formula is C13H14N4O2S2. The monoisotopic (exact) mass is 322 g/mol. The van der Waals surface area contributed by atoms with E-state index < -0.39 is 0 Å². The Bertz CT molecular complexity index is 753. The van der Waals surface area contributed by atoms with Crippen LogP contribution in [0.15, 0.2) is 21.4 Å². The van der Waals surface area contributed by atoms with E-state index in [4.69, 9.17) is 0 Å². The van der Waals surface area contributed by atoms with Crippen molar-refractivity contribution in [1.82, 2.24) is 14.5 Å². The Balaban J connectivity index is 1.73. The molecule has 110 valence electrons. The molecule has 0 bridgehead atoms. The van der Waals surface area contributed by atoms with Crippen molar-refractivity contribution in [2.45, 2.75) is 31.5 Å². The summed E-state index contributed by atoms with van der Waals surface area (Å²) in [5.41, 5.74) is 1.50. The number of anilines is 1. The summed E-state index contributed by atoms with van der Waals surface area (Å²) in [6.07, 6.45) is 0.253. The van der Waals surface area contributed by atoms with Crippen LogP contribution in [0.4, 0.5) is 5.13 Å². The summed E-state index contributed by atoms with van der Waals surface area (Å²) < 4.78 is 1.62. The smallest absolute Gasteiger partial charge is 0.254 e. The van der Waals surface area contributed by atoms with Crippen molar-refractivity contribution in [3.8, 4) is 0 Å². The molecule has 21 heavy (non-hydrogen) atoms. The van der Waals surface area contributed by atoms with Crippen molar-refractivity contribution in [2.24, 2.45) is 0 Å². The highest BCUT2D eigenvalue weighted by Crippen LogP contribution is 2.32. The summed E-state index contributed by atoms with van der Waals surface area (Å²) in [6, 6.07) is 1.36. The van der Waals surface area contributed by atoms with Gasteiger partial charge in [-0.2, -0.15) is 0 Å². The second kappa shape index (κ2) is 5.61. The Labute approximate surface area is 129 Å². The fourth-order valence-electron chi connectivity index (χ4n) is 2.21. The van der Waals surface area contributed by atoms with E-state index in [0.29, 0.717) is 21.7 Å². The van der Waals surface area contributed by atoms with Gasteiger partial charge in [0.05, 0.1) is 11.7 Å².